The van der Waals surface area contributed by atoms with Crippen molar-refractivity contribution in [3.05, 3.63) is 28.8 Å². The first kappa shape index (κ1) is 11.4. The van der Waals surface area contributed by atoms with Gasteiger partial charge in [-0.25, -0.2) is 0 Å². The quantitative estimate of drug-likeness (QED) is 0.871. The topological polar surface area (TPSA) is 29.1 Å². The first-order chi connectivity index (χ1) is 8.29. The Kier molecular flexibility index (Phi) is 3.05. The fourth-order valence-corrected chi connectivity index (χ4v) is 4.45. The lowest BCUT2D eigenvalue weighted by Crippen LogP contribution is -2.27. The maximum atomic E-state index is 12.1. The van der Waals surface area contributed by atoms with Crippen LogP contribution in [0.4, 0.5) is 0 Å². The van der Waals surface area contributed by atoms with Gasteiger partial charge in [0.2, 0.25) is 0 Å². The third kappa shape index (κ3) is 1.95. The van der Waals surface area contributed by atoms with Gasteiger partial charge in [-0.1, -0.05) is 13.0 Å². The molecule has 1 N–H and O–H groups in total. The van der Waals surface area contributed by atoms with Crippen LogP contribution in [0.5, 0.6) is 0 Å². The Hall–Kier alpha value is -0.670. The fraction of sp³-hybridized carbons (Fsp3) is 0.571. The van der Waals surface area contributed by atoms with E-state index >= 15 is 0 Å². The molecule has 0 radical (unpaired) electrons. The molecule has 92 valence electrons. The average Bonchev–Trinajstić information content (AvgIpc) is 2.78. The number of fused-ring (bicyclic) bond motifs is 2. The molecule has 17 heavy (non-hydrogen) atoms. The van der Waals surface area contributed by atoms with Gasteiger partial charge in [0.25, 0.3) is 0 Å². The molecule has 1 heterocycles. The first-order valence-electron chi connectivity index (χ1n) is 6.57. The SMILES string of the molecule is CCNC1CCS(=O)c2cc3c(cc21)CCC3. The number of hydrogen-bond acceptors (Lipinski definition) is 2. The van der Waals surface area contributed by atoms with Crippen LogP contribution in [0.15, 0.2) is 17.0 Å². The molecule has 0 saturated heterocycles. The Morgan fingerprint density at radius 3 is 2.88 bits per heavy atom. The van der Waals surface area contributed by atoms with Gasteiger partial charge in [0.1, 0.15) is 0 Å². The van der Waals surface area contributed by atoms with Crippen LogP contribution in [0.2, 0.25) is 0 Å². The van der Waals surface area contributed by atoms with Gasteiger partial charge in [0.05, 0.1) is 10.8 Å². The second kappa shape index (κ2) is 4.54. The molecule has 0 spiro atoms. The van der Waals surface area contributed by atoms with Crippen molar-refractivity contribution in [2.75, 3.05) is 12.3 Å². The zero-order valence-electron chi connectivity index (χ0n) is 10.3. The van der Waals surface area contributed by atoms with Gasteiger partial charge < -0.3 is 5.32 Å². The summed E-state index contributed by atoms with van der Waals surface area (Å²) in [7, 11) is -0.772. The Bertz CT molecular complexity index is 470. The van der Waals surface area contributed by atoms with E-state index in [0.717, 1.165) is 23.6 Å². The molecule has 0 amide bonds. The van der Waals surface area contributed by atoms with E-state index in [1.54, 1.807) is 0 Å². The molecule has 2 atom stereocenters. The third-order valence-electron chi connectivity index (χ3n) is 3.89. The maximum absolute atomic E-state index is 12.1. The molecule has 1 aliphatic carbocycles. The van der Waals surface area contributed by atoms with Crippen LogP contribution in [0.1, 0.15) is 42.5 Å². The monoisotopic (exact) mass is 249 g/mol. The Morgan fingerprint density at radius 2 is 2.12 bits per heavy atom. The fourth-order valence-electron chi connectivity index (χ4n) is 3.04. The standard InChI is InChI=1S/C14H19NOS/c1-2-15-13-6-7-17(16)14-9-11-5-3-4-10(11)8-12(13)14/h8-9,13,15H,2-7H2,1H3. The molecule has 2 unspecified atom stereocenters. The Labute approximate surface area is 105 Å². The minimum Gasteiger partial charge on any atom is -0.310 e. The first-order valence-corrected chi connectivity index (χ1v) is 7.89. The summed E-state index contributed by atoms with van der Waals surface area (Å²) in [6.45, 7) is 3.12. The average molecular weight is 249 g/mol. The van der Waals surface area contributed by atoms with Crippen molar-refractivity contribution < 1.29 is 4.21 Å². The largest absolute Gasteiger partial charge is 0.310 e. The molecule has 1 aromatic rings. The minimum atomic E-state index is -0.772. The molecule has 0 aromatic heterocycles. The van der Waals surface area contributed by atoms with Crippen molar-refractivity contribution >= 4 is 10.8 Å². The number of hydrogen-bond donors (Lipinski definition) is 1. The van der Waals surface area contributed by atoms with Gasteiger partial charge in [-0.05, 0) is 55.0 Å². The lowest BCUT2D eigenvalue weighted by molar-refractivity contribution is 0.520. The Morgan fingerprint density at radius 1 is 1.35 bits per heavy atom. The molecule has 2 aliphatic rings. The van der Waals surface area contributed by atoms with E-state index in [0.29, 0.717) is 6.04 Å². The van der Waals surface area contributed by atoms with E-state index in [2.05, 4.69) is 24.4 Å². The van der Waals surface area contributed by atoms with E-state index in [4.69, 9.17) is 0 Å². The van der Waals surface area contributed by atoms with E-state index in [1.165, 1.54) is 36.0 Å². The Balaban J connectivity index is 2.07. The molecule has 0 bridgehead atoms. The summed E-state index contributed by atoms with van der Waals surface area (Å²) in [5.74, 6) is 0.809. The lowest BCUT2D eigenvalue weighted by atomic mass is 9.99. The summed E-state index contributed by atoms with van der Waals surface area (Å²) in [5.41, 5.74) is 4.23. The summed E-state index contributed by atoms with van der Waals surface area (Å²) in [6.07, 6.45) is 4.64. The maximum Gasteiger partial charge on any atom is 0.0533 e. The minimum absolute atomic E-state index is 0.415. The van der Waals surface area contributed by atoms with Crippen molar-refractivity contribution in [2.45, 2.75) is 43.5 Å². The van der Waals surface area contributed by atoms with Crippen LogP contribution < -0.4 is 5.32 Å². The van der Waals surface area contributed by atoms with Gasteiger partial charge in [-0.2, -0.15) is 0 Å². The van der Waals surface area contributed by atoms with E-state index in [-0.39, 0.29) is 0 Å². The second-order valence-corrected chi connectivity index (χ2v) is 6.50. The highest BCUT2D eigenvalue weighted by Gasteiger charge is 2.26. The van der Waals surface area contributed by atoms with E-state index in [9.17, 15) is 4.21 Å². The smallest absolute Gasteiger partial charge is 0.0533 e. The molecule has 1 aromatic carbocycles. The third-order valence-corrected chi connectivity index (χ3v) is 5.34. The molecular weight excluding hydrogens is 230 g/mol. The van der Waals surface area contributed by atoms with Gasteiger partial charge in [0.15, 0.2) is 0 Å². The highest BCUT2D eigenvalue weighted by Crippen LogP contribution is 2.35. The van der Waals surface area contributed by atoms with E-state index in [1.807, 2.05) is 0 Å². The van der Waals surface area contributed by atoms with E-state index < -0.39 is 10.8 Å². The van der Waals surface area contributed by atoms with Crippen LogP contribution >= 0.6 is 0 Å². The van der Waals surface area contributed by atoms with Crippen LogP contribution in [0.3, 0.4) is 0 Å². The molecule has 0 fully saturated rings. The highest BCUT2D eigenvalue weighted by molar-refractivity contribution is 7.85. The van der Waals surface area contributed by atoms with Gasteiger partial charge in [-0.3, -0.25) is 4.21 Å². The molecular formula is C14H19NOS. The predicted octanol–water partition coefficient (Wildman–Crippen LogP) is 2.34. The van der Waals surface area contributed by atoms with Crippen molar-refractivity contribution in [1.82, 2.24) is 5.32 Å². The highest BCUT2D eigenvalue weighted by atomic mass is 32.2. The van der Waals surface area contributed by atoms with Crippen LogP contribution in [-0.4, -0.2) is 16.5 Å². The number of benzene rings is 1. The number of nitrogens with one attached hydrogen (secondary N) is 1. The van der Waals surface area contributed by atoms with Crippen LogP contribution in [0, 0.1) is 0 Å². The predicted molar refractivity (Wildman–Crippen MR) is 70.8 cm³/mol. The summed E-state index contributed by atoms with van der Waals surface area (Å²) in [5, 5.41) is 3.52. The summed E-state index contributed by atoms with van der Waals surface area (Å²) >= 11 is 0. The molecule has 3 rings (SSSR count). The lowest BCUT2D eigenvalue weighted by Gasteiger charge is -2.26. The van der Waals surface area contributed by atoms with Crippen molar-refractivity contribution in [1.29, 1.82) is 0 Å². The summed E-state index contributed by atoms with van der Waals surface area (Å²) in [6, 6.07) is 4.96. The normalized spacial score (nSPS) is 26.6. The number of rotatable bonds is 2. The molecule has 1 aliphatic heterocycles. The summed E-state index contributed by atoms with van der Waals surface area (Å²) < 4.78 is 12.1. The zero-order chi connectivity index (χ0) is 11.8. The summed E-state index contributed by atoms with van der Waals surface area (Å²) in [4.78, 5) is 1.10. The number of aryl methyl sites for hydroxylation is 2. The van der Waals surface area contributed by atoms with Crippen molar-refractivity contribution in [3.8, 4) is 0 Å². The molecule has 0 saturated carbocycles. The van der Waals surface area contributed by atoms with Gasteiger partial charge in [0, 0.05) is 16.7 Å². The van der Waals surface area contributed by atoms with Gasteiger partial charge in [-0.15, -0.1) is 0 Å². The van der Waals surface area contributed by atoms with Crippen molar-refractivity contribution in [3.63, 3.8) is 0 Å². The molecule has 2 nitrogen and oxygen atoms in total. The van der Waals surface area contributed by atoms with Crippen molar-refractivity contribution in [2.24, 2.45) is 0 Å². The second-order valence-electron chi connectivity index (χ2n) is 4.96. The van der Waals surface area contributed by atoms with Crippen LogP contribution in [0.25, 0.3) is 0 Å². The molecule has 3 heteroatoms. The zero-order valence-corrected chi connectivity index (χ0v) is 11.1. The van der Waals surface area contributed by atoms with Gasteiger partial charge >= 0.3 is 0 Å². The van der Waals surface area contributed by atoms with Crippen LogP contribution in [-0.2, 0) is 23.6 Å².